The van der Waals surface area contributed by atoms with Crippen LogP contribution in [0.25, 0.3) is 0 Å². The van der Waals surface area contributed by atoms with Crippen LogP contribution in [0.3, 0.4) is 0 Å². The molecule has 0 fully saturated rings. The zero-order chi connectivity index (χ0) is 15.5. The molecule has 0 atom stereocenters. The van der Waals surface area contributed by atoms with Crippen molar-refractivity contribution in [2.24, 2.45) is 0 Å². The number of aromatic nitrogens is 5. The Morgan fingerprint density at radius 2 is 2.32 bits per heavy atom. The summed E-state index contributed by atoms with van der Waals surface area (Å²) in [7, 11) is 0. The zero-order valence-corrected chi connectivity index (χ0v) is 13.3. The van der Waals surface area contributed by atoms with Crippen LogP contribution in [0.1, 0.15) is 16.1 Å². The third-order valence-corrected chi connectivity index (χ3v) is 3.63. The number of carbonyl (C=O) groups excluding carboxylic acids is 1. The van der Waals surface area contributed by atoms with Gasteiger partial charge in [-0.25, -0.2) is 14.1 Å². The van der Waals surface area contributed by atoms with E-state index in [1.807, 2.05) is 22.6 Å². The van der Waals surface area contributed by atoms with Gasteiger partial charge in [0.15, 0.2) is 0 Å². The molecular formula is C13H10FIN6O. The van der Waals surface area contributed by atoms with Crippen molar-refractivity contribution in [3.63, 3.8) is 0 Å². The number of nitrogens with zero attached hydrogens (tertiary/aromatic N) is 4. The van der Waals surface area contributed by atoms with Gasteiger partial charge in [0.1, 0.15) is 17.8 Å². The Hall–Kier alpha value is -2.30. The first-order valence-electron chi connectivity index (χ1n) is 6.26. The maximum atomic E-state index is 13.1. The average molecular weight is 412 g/mol. The van der Waals surface area contributed by atoms with Gasteiger partial charge in [0.05, 0.1) is 16.3 Å². The van der Waals surface area contributed by atoms with Crippen LogP contribution in [0, 0.1) is 9.39 Å². The van der Waals surface area contributed by atoms with E-state index in [-0.39, 0.29) is 17.7 Å². The molecule has 1 amide bonds. The van der Waals surface area contributed by atoms with Crippen LogP contribution < -0.4 is 5.32 Å². The van der Waals surface area contributed by atoms with Crippen LogP contribution in [0.5, 0.6) is 0 Å². The smallest absolute Gasteiger partial charge is 0.277 e. The number of aromatic amines is 1. The van der Waals surface area contributed by atoms with Crippen LogP contribution in [-0.4, -0.2) is 30.9 Å². The third kappa shape index (κ3) is 3.30. The summed E-state index contributed by atoms with van der Waals surface area (Å²) in [5.41, 5.74) is 1.10. The molecule has 0 bridgehead atoms. The standard InChI is InChI=1S/C13H10FIN6O/c14-9-3-1-2-8(4-9)6-21-7-16-13(20-21)18-12(22)11-10(15)5-17-19-11/h1-5,7H,6H2,(H,17,19)(H,18,20,22). The minimum atomic E-state index is -0.370. The number of anilines is 1. The number of hydrogen-bond donors (Lipinski definition) is 2. The lowest BCUT2D eigenvalue weighted by Gasteiger charge is -2.01. The summed E-state index contributed by atoms with van der Waals surface area (Å²) in [5.74, 6) is -0.503. The fourth-order valence-electron chi connectivity index (χ4n) is 1.85. The van der Waals surface area contributed by atoms with E-state index in [1.165, 1.54) is 23.1 Å². The monoisotopic (exact) mass is 412 g/mol. The second kappa shape index (κ2) is 6.22. The summed E-state index contributed by atoms with van der Waals surface area (Å²) in [6.07, 6.45) is 3.02. The van der Waals surface area contributed by atoms with Gasteiger partial charge in [-0.1, -0.05) is 12.1 Å². The van der Waals surface area contributed by atoms with E-state index in [9.17, 15) is 9.18 Å². The summed E-state index contributed by atoms with van der Waals surface area (Å²) < 4.78 is 15.3. The SMILES string of the molecule is O=C(Nc1ncn(Cc2cccc(F)c2)n1)c1[nH]ncc1I. The predicted octanol–water partition coefficient (Wildman–Crippen LogP) is 2.05. The highest BCUT2D eigenvalue weighted by molar-refractivity contribution is 14.1. The quantitative estimate of drug-likeness (QED) is 0.643. The Morgan fingerprint density at radius 1 is 1.45 bits per heavy atom. The van der Waals surface area contributed by atoms with Crippen molar-refractivity contribution < 1.29 is 9.18 Å². The molecule has 3 rings (SSSR count). The molecule has 0 saturated heterocycles. The van der Waals surface area contributed by atoms with Gasteiger partial charge >= 0.3 is 0 Å². The van der Waals surface area contributed by atoms with Gasteiger partial charge in [0.2, 0.25) is 5.95 Å². The number of amides is 1. The van der Waals surface area contributed by atoms with Crippen molar-refractivity contribution in [3.05, 3.63) is 57.4 Å². The van der Waals surface area contributed by atoms with E-state index in [0.29, 0.717) is 15.8 Å². The number of nitrogens with one attached hydrogen (secondary N) is 2. The Morgan fingerprint density at radius 3 is 3.05 bits per heavy atom. The molecule has 0 aliphatic rings. The van der Waals surface area contributed by atoms with Gasteiger partial charge in [0.25, 0.3) is 5.91 Å². The summed E-state index contributed by atoms with van der Waals surface area (Å²) in [6.45, 7) is 0.363. The van der Waals surface area contributed by atoms with Crippen LogP contribution >= 0.6 is 22.6 Å². The van der Waals surface area contributed by atoms with E-state index < -0.39 is 0 Å². The van der Waals surface area contributed by atoms with Crippen molar-refractivity contribution in [1.29, 1.82) is 0 Å². The molecule has 2 aromatic heterocycles. The third-order valence-electron chi connectivity index (χ3n) is 2.82. The lowest BCUT2D eigenvalue weighted by atomic mass is 10.2. The maximum absolute atomic E-state index is 13.1. The first-order valence-corrected chi connectivity index (χ1v) is 7.34. The molecule has 7 nitrogen and oxygen atoms in total. The molecule has 0 radical (unpaired) electrons. The maximum Gasteiger partial charge on any atom is 0.277 e. The molecule has 0 spiro atoms. The lowest BCUT2D eigenvalue weighted by molar-refractivity contribution is 0.102. The van der Waals surface area contributed by atoms with Crippen LogP contribution in [-0.2, 0) is 6.54 Å². The van der Waals surface area contributed by atoms with Crippen molar-refractivity contribution in [1.82, 2.24) is 25.0 Å². The van der Waals surface area contributed by atoms with Crippen molar-refractivity contribution in [3.8, 4) is 0 Å². The first-order chi connectivity index (χ1) is 10.6. The second-order valence-electron chi connectivity index (χ2n) is 4.44. The highest BCUT2D eigenvalue weighted by Gasteiger charge is 2.14. The van der Waals surface area contributed by atoms with E-state index >= 15 is 0 Å². The molecule has 2 heterocycles. The lowest BCUT2D eigenvalue weighted by Crippen LogP contribution is -2.15. The molecular weight excluding hydrogens is 402 g/mol. The van der Waals surface area contributed by atoms with E-state index in [2.05, 4.69) is 25.6 Å². The number of halogens is 2. The molecule has 22 heavy (non-hydrogen) atoms. The molecule has 3 aromatic rings. The largest absolute Gasteiger partial charge is 0.288 e. The van der Waals surface area contributed by atoms with Crippen molar-refractivity contribution in [2.75, 3.05) is 5.32 Å². The van der Waals surface area contributed by atoms with Gasteiger partial charge in [-0.3, -0.25) is 15.2 Å². The molecule has 0 unspecified atom stereocenters. The summed E-state index contributed by atoms with van der Waals surface area (Å²) in [5, 5.41) is 13.1. The van der Waals surface area contributed by atoms with Crippen LogP contribution in [0.2, 0.25) is 0 Å². The normalized spacial score (nSPS) is 10.6. The van der Waals surface area contributed by atoms with Gasteiger partial charge < -0.3 is 0 Å². The Kier molecular flexibility index (Phi) is 4.13. The van der Waals surface area contributed by atoms with E-state index in [1.54, 1.807) is 18.3 Å². The van der Waals surface area contributed by atoms with Gasteiger partial charge in [-0.2, -0.15) is 5.10 Å². The molecule has 1 aromatic carbocycles. The Bertz CT molecular complexity index is 814. The highest BCUT2D eigenvalue weighted by atomic mass is 127. The Labute approximate surface area is 138 Å². The fraction of sp³-hybridized carbons (Fsp3) is 0.0769. The number of benzene rings is 1. The summed E-state index contributed by atoms with van der Waals surface area (Å²) >= 11 is 2.00. The second-order valence-corrected chi connectivity index (χ2v) is 5.60. The number of rotatable bonds is 4. The minimum Gasteiger partial charge on any atom is -0.288 e. The molecule has 2 N–H and O–H groups in total. The predicted molar refractivity (Wildman–Crippen MR) is 84.8 cm³/mol. The van der Waals surface area contributed by atoms with Gasteiger partial charge in [0, 0.05) is 0 Å². The molecule has 0 saturated carbocycles. The highest BCUT2D eigenvalue weighted by Crippen LogP contribution is 2.10. The number of hydrogen-bond acceptors (Lipinski definition) is 4. The number of carbonyl (C=O) groups is 1. The van der Waals surface area contributed by atoms with Crippen molar-refractivity contribution in [2.45, 2.75) is 6.54 Å². The average Bonchev–Trinajstić information content (AvgIpc) is 3.08. The Balaban J connectivity index is 1.69. The van der Waals surface area contributed by atoms with Crippen LogP contribution in [0.4, 0.5) is 10.3 Å². The van der Waals surface area contributed by atoms with Crippen molar-refractivity contribution >= 4 is 34.4 Å². The molecule has 9 heteroatoms. The summed E-state index contributed by atoms with van der Waals surface area (Å²) in [6, 6.07) is 6.22. The zero-order valence-electron chi connectivity index (χ0n) is 11.1. The minimum absolute atomic E-state index is 0.173. The number of H-pyrrole nitrogens is 1. The van der Waals surface area contributed by atoms with Gasteiger partial charge in [-0.05, 0) is 40.3 Å². The molecule has 0 aliphatic carbocycles. The molecule has 112 valence electrons. The fourth-order valence-corrected chi connectivity index (χ4v) is 2.35. The first kappa shape index (κ1) is 14.6. The summed E-state index contributed by atoms with van der Waals surface area (Å²) in [4.78, 5) is 16.0. The van der Waals surface area contributed by atoms with E-state index in [0.717, 1.165) is 5.56 Å². The van der Waals surface area contributed by atoms with E-state index in [4.69, 9.17) is 0 Å². The van der Waals surface area contributed by atoms with Gasteiger partial charge in [-0.15, -0.1) is 5.10 Å². The topological polar surface area (TPSA) is 88.5 Å². The molecule has 0 aliphatic heterocycles. The van der Waals surface area contributed by atoms with Crippen LogP contribution in [0.15, 0.2) is 36.8 Å².